The number of hydrogen-bond acceptors (Lipinski definition) is 2. The third-order valence-corrected chi connectivity index (χ3v) is 2.46. The molecule has 0 spiro atoms. The summed E-state index contributed by atoms with van der Waals surface area (Å²) in [5, 5.41) is 3.34. The van der Waals surface area contributed by atoms with Crippen LogP contribution in [0.1, 0.15) is 6.42 Å². The van der Waals surface area contributed by atoms with Gasteiger partial charge in [0, 0.05) is 5.92 Å². The fourth-order valence-corrected chi connectivity index (χ4v) is 1.83. The molecule has 0 amide bonds. The summed E-state index contributed by atoms with van der Waals surface area (Å²) in [6, 6.07) is 0.483. The van der Waals surface area contributed by atoms with Gasteiger partial charge >= 0.3 is 0 Å². The molecule has 3 N–H and O–H groups in total. The fraction of sp³-hybridized carbons (Fsp3) is 0.400. The normalized spacial score (nSPS) is 31.2. The van der Waals surface area contributed by atoms with Crippen molar-refractivity contribution < 1.29 is 0 Å². The summed E-state index contributed by atoms with van der Waals surface area (Å²) in [6.45, 7) is 0.744. The Balaban J connectivity index is 2.10. The average molecular weight is 162 g/mol. The molecule has 0 radical (unpaired) electrons. The Bertz CT molecular complexity index is 251. The summed E-state index contributed by atoms with van der Waals surface area (Å²) in [4.78, 5) is 0. The van der Waals surface area contributed by atoms with Crippen molar-refractivity contribution in [1.82, 2.24) is 5.32 Å². The standard InChI is InChI=1S/C10H14N2/c11-6-5-8-7-12-10-4-2-1-3-9(8)10/h1-4,7,9-10,12H,5-6,11H2. The molecule has 2 rings (SSSR count). The van der Waals surface area contributed by atoms with Gasteiger partial charge in [-0.05, 0) is 24.7 Å². The highest BCUT2D eigenvalue weighted by Gasteiger charge is 2.25. The Morgan fingerprint density at radius 2 is 2.17 bits per heavy atom. The Morgan fingerprint density at radius 1 is 1.33 bits per heavy atom. The van der Waals surface area contributed by atoms with Crippen LogP contribution in [-0.2, 0) is 0 Å². The van der Waals surface area contributed by atoms with E-state index in [0.29, 0.717) is 12.0 Å². The molecule has 12 heavy (non-hydrogen) atoms. The van der Waals surface area contributed by atoms with Crippen LogP contribution in [0.5, 0.6) is 0 Å². The van der Waals surface area contributed by atoms with E-state index in [4.69, 9.17) is 5.73 Å². The first-order chi connectivity index (χ1) is 5.92. The average Bonchev–Trinajstić information content (AvgIpc) is 2.50. The summed E-state index contributed by atoms with van der Waals surface area (Å²) < 4.78 is 0. The van der Waals surface area contributed by atoms with Crippen molar-refractivity contribution in [2.24, 2.45) is 11.7 Å². The van der Waals surface area contributed by atoms with Crippen LogP contribution in [0.2, 0.25) is 0 Å². The topological polar surface area (TPSA) is 38.0 Å². The van der Waals surface area contributed by atoms with E-state index in [0.717, 1.165) is 13.0 Å². The highest BCUT2D eigenvalue weighted by atomic mass is 14.9. The van der Waals surface area contributed by atoms with Crippen LogP contribution in [-0.4, -0.2) is 12.6 Å². The monoisotopic (exact) mass is 162 g/mol. The maximum atomic E-state index is 5.52. The van der Waals surface area contributed by atoms with Gasteiger partial charge in [-0.1, -0.05) is 24.3 Å². The largest absolute Gasteiger partial charge is 0.384 e. The lowest BCUT2D eigenvalue weighted by Crippen LogP contribution is -2.25. The lowest BCUT2D eigenvalue weighted by Gasteiger charge is -2.18. The Morgan fingerprint density at radius 3 is 3.00 bits per heavy atom. The van der Waals surface area contributed by atoms with E-state index in [2.05, 4.69) is 35.8 Å². The van der Waals surface area contributed by atoms with Crippen molar-refractivity contribution in [3.05, 3.63) is 36.1 Å². The molecule has 2 heteroatoms. The first-order valence-corrected chi connectivity index (χ1v) is 4.42. The number of rotatable bonds is 2. The molecule has 0 aromatic heterocycles. The lowest BCUT2D eigenvalue weighted by molar-refractivity contribution is 0.619. The van der Waals surface area contributed by atoms with Crippen LogP contribution in [0, 0.1) is 5.92 Å². The minimum Gasteiger partial charge on any atom is -0.384 e. The summed E-state index contributed by atoms with van der Waals surface area (Å²) in [5.41, 5.74) is 6.95. The predicted molar refractivity (Wildman–Crippen MR) is 50.4 cm³/mol. The number of nitrogens with one attached hydrogen (secondary N) is 1. The Hall–Kier alpha value is -1.02. The molecule has 2 aliphatic rings. The van der Waals surface area contributed by atoms with Crippen molar-refractivity contribution in [3.63, 3.8) is 0 Å². The highest BCUT2D eigenvalue weighted by Crippen LogP contribution is 2.27. The Labute approximate surface area is 72.8 Å². The van der Waals surface area contributed by atoms with E-state index in [9.17, 15) is 0 Å². The van der Waals surface area contributed by atoms with Crippen molar-refractivity contribution in [3.8, 4) is 0 Å². The zero-order valence-corrected chi connectivity index (χ0v) is 7.03. The number of fused-ring (bicyclic) bond motifs is 1. The molecule has 0 fully saturated rings. The zero-order chi connectivity index (χ0) is 8.39. The van der Waals surface area contributed by atoms with Gasteiger partial charge in [0.15, 0.2) is 0 Å². The molecule has 1 heterocycles. The van der Waals surface area contributed by atoms with Crippen LogP contribution in [0.3, 0.4) is 0 Å². The SMILES string of the molecule is NCCC1=CNC2C=CC=CC12. The van der Waals surface area contributed by atoms with Gasteiger partial charge in [-0.25, -0.2) is 0 Å². The van der Waals surface area contributed by atoms with E-state index >= 15 is 0 Å². The summed E-state index contributed by atoms with van der Waals surface area (Å²) in [6.07, 6.45) is 11.8. The smallest absolute Gasteiger partial charge is 0.0542 e. The van der Waals surface area contributed by atoms with Gasteiger partial charge in [0.2, 0.25) is 0 Å². The minimum absolute atomic E-state index is 0.483. The summed E-state index contributed by atoms with van der Waals surface area (Å²) in [5.74, 6) is 0.554. The second kappa shape index (κ2) is 3.15. The molecule has 0 aromatic carbocycles. The van der Waals surface area contributed by atoms with E-state index in [1.807, 2.05) is 0 Å². The van der Waals surface area contributed by atoms with E-state index in [1.54, 1.807) is 0 Å². The molecule has 0 bridgehead atoms. The van der Waals surface area contributed by atoms with Gasteiger partial charge < -0.3 is 11.1 Å². The third kappa shape index (κ3) is 1.18. The zero-order valence-electron chi connectivity index (χ0n) is 7.03. The van der Waals surface area contributed by atoms with E-state index in [1.165, 1.54) is 5.57 Å². The molecule has 64 valence electrons. The first kappa shape index (κ1) is 7.62. The number of hydrogen-bond donors (Lipinski definition) is 2. The molecular weight excluding hydrogens is 148 g/mol. The van der Waals surface area contributed by atoms with Crippen molar-refractivity contribution in [2.45, 2.75) is 12.5 Å². The van der Waals surface area contributed by atoms with Crippen LogP contribution in [0.4, 0.5) is 0 Å². The lowest BCUT2D eigenvalue weighted by atomic mass is 9.90. The van der Waals surface area contributed by atoms with Crippen molar-refractivity contribution in [1.29, 1.82) is 0 Å². The molecule has 2 unspecified atom stereocenters. The third-order valence-electron chi connectivity index (χ3n) is 2.46. The van der Waals surface area contributed by atoms with Gasteiger partial charge in [-0.15, -0.1) is 0 Å². The maximum absolute atomic E-state index is 5.52. The van der Waals surface area contributed by atoms with Crippen LogP contribution < -0.4 is 11.1 Å². The van der Waals surface area contributed by atoms with Crippen molar-refractivity contribution in [2.75, 3.05) is 6.54 Å². The van der Waals surface area contributed by atoms with E-state index < -0.39 is 0 Å². The molecule has 2 nitrogen and oxygen atoms in total. The summed E-state index contributed by atoms with van der Waals surface area (Å²) >= 11 is 0. The maximum Gasteiger partial charge on any atom is 0.0542 e. The van der Waals surface area contributed by atoms with Gasteiger partial charge in [0.1, 0.15) is 0 Å². The quantitative estimate of drug-likeness (QED) is 0.634. The van der Waals surface area contributed by atoms with Gasteiger partial charge in [0.25, 0.3) is 0 Å². The number of allylic oxidation sites excluding steroid dienone is 2. The predicted octanol–water partition coefficient (Wildman–Crippen LogP) is 0.933. The molecule has 0 saturated carbocycles. The molecule has 1 aliphatic carbocycles. The highest BCUT2D eigenvalue weighted by molar-refractivity contribution is 5.31. The minimum atomic E-state index is 0.483. The first-order valence-electron chi connectivity index (χ1n) is 4.42. The number of nitrogens with two attached hydrogens (primary N) is 1. The van der Waals surface area contributed by atoms with Crippen molar-refractivity contribution >= 4 is 0 Å². The Kier molecular flexibility index (Phi) is 2.00. The molecule has 0 aromatic rings. The second-order valence-electron chi connectivity index (χ2n) is 3.25. The second-order valence-corrected chi connectivity index (χ2v) is 3.25. The molecule has 1 aliphatic heterocycles. The van der Waals surface area contributed by atoms with Crippen LogP contribution in [0.25, 0.3) is 0 Å². The molecule has 2 atom stereocenters. The molecular formula is C10H14N2. The van der Waals surface area contributed by atoms with Gasteiger partial charge in [-0.3, -0.25) is 0 Å². The van der Waals surface area contributed by atoms with Crippen LogP contribution in [0.15, 0.2) is 36.1 Å². The van der Waals surface area contributed by atoms with Gasteiger partial charge in [0.05, 0.1) is 6.04 Å². The van der Waals surface area contributed by atoms with Crippen LogP contribution >= 0.6 is 0 Å². The summed E-state index contributed by atoms with van der Waals surface area (Å²) in [7, 11) is 0. The fourth-order valence-electron chi connectivity index (χ4n) is 1.83. The van der Waals surface area contributed by atoms with Gasteiger partial charge in [-0.2, -0.15) is 0 Å². The molecule has 0 saturated heterocycles. The van der Waals surface area contributed by atoms with E-state index in [-0.39, 0.29) is 0 Å².